The SMILES string of the molecule is COCCCN[C@H]1C[C@H]2CC[C@H]1C2. The van der Waals surface area contributed by atoms with Crippen LogP contribution in [-0.4, -0.2) is 26.3 Å². The molecule has 0 aromatic rings. The second-order valence-corrected chi connectivity index (χ2v) is 4.58. The highest BCUT2D eigenvalue weighted by atomic mass is 16.5. The Morgan fingerprint density at radius 2 is 2.23 bits per heavy atom. The highest BCUT2D eigenvalue weighted by Crippen LogP contribution is 2.44. The summed E-state index contributed by atoms with van der Waals surface area (Å²) in [5, 5.41) is 3.67. The van der Waals surface area contributed by atoms with E-state index in [0.29, 0.717) is 0 Å². The summed E-state index contributed by atoms with van der Waals surface area (Å²) in [6.07, 6.45) is 7.08. The molecule has 0 saturated heterocycles. The van der Waals surface area contributed by atoms with E-state index in [1.165, 1.54) is 25.7 Å². The van der Waals surface area contributed by atoms with Crippen molar-refractivity contribution in [3.05, 3.63) is 0 Å². The first-order valence-electron chi connectivity index (χ1n) is 5.62. The van der Waals surface area contributed by atoms with Crippen LogP contribution in [0.5, 0.6) is 0 Å². The standard InChI is InChI=1S/C11H21NO/c1-13-6-2-5-12-11-8-9-3-4-10(11)7-9/h9-12H,2-8H2,1H3/t9-,10-,11-/m0/s1. The van der Waals surface area contributed by atoms with Crippen molar-refractivity contribution in [2.24, 2.45) is 11.8 Å². The zero-order valence-electron chi connectivity index (χ0n) is 8.59. The van der Waals surface area contributed by atoms with Crippen LogP contribution in [0.4, 0.5) is 0 Å². The zero-order chi connectivity index (χ0) is 9.10. The van der Waals surface area contributed by atoms with E-state index in [-0.39, 0.29) is 0 Å². The molecular formula is C11H21NO. The number of fused-ring (bicyclic) bond motifs is 2. The van der Waals surface area contributed by atoms with Crippen LogP contribution in [0.3, 0.4) is 0 Å². The Kier molecular flexibility index (Phi) is 3.23. The molecule has 0 unspecified atom stereocenters. The van der Waals surface area contributed by atoms with Gasteiger partial charge in [-0.3, -0.25) is 0 Å². The molecule has 76 valence electrons. The van der Waals surface area contributed by atoms with Gasteiger partial charge in [-0.05, 0) is 44.1 Å². The van der Waals surface area contributed by atoms with Crippen molar-refractivity contribution in [2.75, 3.05) is 20.3 Å². The van der Waals surface area contributed by atoms with Gasteiger partial charge in [-0.25, -0.2) is 0 Å². The summed E-state index contributed by atoms with van der Waals surface area (Å²) in [6, 6.07) is 0.843. The fraction of sp³-hybridized carbons (Fsp3) is 1.00. The van der Waals surface area contributed by atoms with Crippen molar-refractivity contribution in [2.45, 2.75) is 38.1 Å². The van der Waals surface area contributed by atoms with Gasteiger partial charge in [0.2, 0.25) is 0 Å². The summed E-state index contributed by atoms with van der Waals surface area (Å²) in [5.74, 6) is 2.07. The Hall–Kier alpha value is -0.0800. The molecule has 0 radical (unpaired) electrons. The highest BCUT2D eigenvalue weighted by molar-refractivity contribution is 4.93. The quantitative estimate of drug-likeness (QED) is 0.656. The Bertz CT molecular complexity index is 160. The van der Waals surface area contributed by atoms with Crippen molar-refractivity contribution < 1.29 is 4.74 Å². The second-order valence-electron chi connectivity index (χ2n) is 4.58. The minimum Gasteiger partial charge on any atom is -0.385 e. The molecule has 2 rings (SSSR count). The molecular weight excluding hydrogens is 162 g/mol. The van der Waals surface area contributed by atoms with Crippen LogP contribution in [0, 0.1) is 11.8 Å². The van der Waals surface area contributed by atoms with Crippen LogP contribution in [0.2, 0.25) is 0 Å². The van der Waals surface area contributed by atoms with E-state index < -0.39 is 0 Å². The van der Waals surface area contributed by atoms with Crippen LogP contribution in [-0.2, 0) is 4.74 Å². The predicted molar refractivity (Wildman–Crippen MR) is 53.7 cm³/mol. The lowest BCUT2D eigenvalue weighted by atomic mass is 9.95. The molecule has 2 bridgehead atoms. The van der Waals surface area contributed by atoms with Gasteiger partial charge in [-0.2, -0.15) is 0 Å². The Balaban J connectivity index is 1.60. The molecule has 0 aliphatic heterocycles. The van der Waals surface area contributed by atoms with E-state index in [9.17, 15) is 0 Å². The monoisotopic (exact) mass is 183 g/mol. The van der Waals surface area contributed by atoms with Gasteiger partial charge in [0.25, 0.3) is 0 Å². The minimum atomic E-state index is 0.843. The Morgan fingerprint density at radius 1 is 1.31 bits per heavy atom. The third-order valence-electron chi connectivity index (χ3n) is 3.67. The Morgan fingerprint density at radius 3 is 2.85 bits per heavy atom. The van der Waals surface area contributed by atoms with Gasteiger partial charge < -0.3 is 10.1 Å². The molecule has 2 nitrogen and oxygen atoms in total. The maximum Gasteiger partial charge on any atom is 0.0474 e. The first-order valence-corrected chi connectivity index (χ1v) is 5.62. The molecule has 1 N–H and O–H groups in total. The largest absolute Gasteiger partial charge is 0.385 e. The summed E-state index contributed by atoms with van der Waals surface area (Å²) < 4.78 is 5.03. The molecule has 2 heteroatoms. The van der Waals surface area contributed by atoms with Gasteiger partial charge in [-0.1, -0.05) is 6.42 Å². The van der Waals surface area contributed by atoms with E-state index in [2.05, 4.69) is 5.32 Å². The smallest absolute Gasteiger partial charge is 0.0474 e. The summed E-state index contributed by atoms with van der Waals surface area (Å²) in [6.45, 7) is 2.04. The maximum atomic E-state index is 5.03. The van der Waals surface area contributed by atoms with E-state index in [1.54, 1.807) is 7.11 Å². The lowest BCUT2D eigenvalue weighted by Gasteiger charge is -2.22. The van der Waals surface area contributed by atoms with Gasteiger partial charge in [0.05, 0.1) is 0 Å². The van der Waals surface area contributed by atoms with E-state index >= 15 is 0 Å². The number of methoxy groups -OCH3 is 1. The van der Waals surface area contributed by atoms with Crippen LogP contribution < -0.4 is 5.32 Å². The average Bonchev–Trinajstić information content (AvgIpc) is 2.73. The molecule has 0 aromatic carbocycles. The number of rotatable bonds is 5. The lowest BCUT2D eigenvalue weighted by molar-refractivity contribution is 0.191. The van der Waals surface area contributed by atoms with Gasteiger partial charge in [-0.15, -0.1) is 0 Å². The van der Waals surface area contributed by atoms with Crippen LogP contribution >= 0.6 is 0 Å². The summed E-state index contributed by atoms with van der Waals surface area (Å²) in [7, 11) is 1.78. The molecule has 2 fully saturated rings. The zero-order valence-corrected chi connectivity index (χ0v) is 8.59. The fourth-order valence-electron chi connectivity index (χ4n) is 3.00. The minimum absolute atomic E-state index is 0.843. The van der Waals surface area contributed by atoms with Crippen LogP contribution in [0.15, 0.2) is 0 Å². The van der Waals surface area contributed by atoms with E-state index in [4.69, 9.17) is 4.74 Å². The molecule has 2 aliphatic rings. The lowest BCUT2D eigenvalue weighted by Crippen LogP contribution is -2.34. The third kappa shape index (κ3) is 2.23. The van der Waals surface area contributed by atoms with Crippen LogP contribution in [0.1, 0.15) is 32.1 Å². The number of hydrogen-bond acceptors (Lipinski definition) is 2. The molecule has 0 spiro atoms. The third-order valence-corrected chi connectivity index (χ3v) is 3.67. The Labute approximate surface area is 81.0 Å². The normalized spacial score (nSPS) is 37.2. The van der Waals surface area contributed by atoms with Crippen molar-refractivity contribution in [1.29, 1.82) is 0 Å². The van der Waals surface area contributed by atoms with Crippen molar-refractivity contribution in [3.8, 4) is 0 Å². The molecule has 3 atom stereocenters. The van der Waals surface area contributed by atoms with Crippen molar-refractivity contribution >= 4 is 0 Å². The summed E-state index contributed by atoms with van der Waals surface area (Å²) in [4.78, 5) is 0. The second kappa shape index (κ2) is 4.43. The molecule has 0 heterocycles. The maximum absolute atomic E-state index is 5.03. The van der Waals surface area contributed by atoms with Gasteiger partial charge in [0.15, 0.2) is 0 Å². The summed E-state index contributed by atoms with van der Waals surface area (Å²) in [5.41, 5.74) is 0. The first-order chi connectivity index (χ1) is 6.40. The van der Waals surface area contributed by atoms with Gasteiger partial charge >= 0.3 is 0 Å². The van der Waals surface area contributed by atoms with E-state index in [0.717, 1.165) is 37.5 Å². The number of nitrogens with one attached hydrogen (secondary N) is 1. The predicted octanol–water partition coefficient (Wildman–Crippen LogP) is 1.80. The molecule has 2 saturated carbocycles. The number of hydrogen-bond donors (Lipinski definition) is 1. The molecule has 0 aromatic heterocycles. The fourth-order valence-corrected chi connectivity index (χ4v) is 3.00. The van der Waals surface area contributed by atoms with Gasteiger partial charge in [0, 0.05) is 19.8 Å². The first kappa shape index (κ1) is 9.47. The van der Waals surface area contributed by atoms with Crippen molar-refractivity contribution in [3.63, 3.8) is 0 Å². The average molecular weight is 183 g/mol. The topological polar surface area (TPSA) is 21.3 Å². The van der Waals surface area contributed by atoms with Crippen LogP contribution in [0.25, 0.3) is 0 Å². The molecule has 0 amide bonds. The van der Waals surface area contributed by atoms with Crippen molar-refractivity contribution in [1.82, 2.24) is 5.32 Å². The highest BCUT2D eigenvalue weighted by Gasteiger charge is 2.38. The van der Waals surface area contributed by atoms with Gasteiger partial charge in [0.1, 0.15) is 0 Å². The molecule has 13 heavy (non-hydrogen) atoms. The van der Waals surface area contributed by atoms with E-state index in [1.807, 2.05) is 0 Å². The summed E-state index contributed by atoms with van der Waals surface area (Å²) >= 11 is 0. The number of ether oxygens (including phenoxy) is 1. The molecule has 2 aliphatic carbocycles.